The maximum atomic E-state index is 6.15. The number of methoxy groups -OCH3 is 2. The molecule has 0 radical (unpaired) electrons. The average molecular weight is 420 g/mol. The highest BCUT2D eigenvalue weighted by molar-refractivity contribution is 5.80. The van der Waals surface area contributed by atoms with Gasteiger partial charge in [0, 0.05) is 37.9 Å². The van der Waals surface area contributed by atoms with E-state index < -0.39 is 0 Å². The van der Waals surface area contributed by atoms with E-state index in [-0.39, 0.29) is 6.10 Å². The Bertz CT molecular complexity index is 668. The van der Waals surface area contributed by atoms with Crippen molar-refractivity contribution in [2.45, 2.75) is 57.8 Å². The predicted molar refractivity (Wildman–Crippen MR) is 118 cm³/mol. The minimum atomic E-state index is 0.287. The van der Waals surface area contributed by atoms with Crippen LogP contribution in [0.15, 0.2) is 23.2 Å². The maximum absolute atomic E-state index is 6.15. The Balaban J connectivity index is 1.52. The summed E-state index contributed by atoms with van der Waals surface area (Å²) in [5.41, 5.74) is 1.04. The highest BCUT2D eigenvalue weighted by Gasteiger charge is 2.24. The number of guanidine groups is 1. The minimum absolute atomic E-state index is 0.287. The molecule has 3 rings (SSSR count). The van der Waals surface area contributed by atoms with E-state index in [0.717, 1.165) is 75.1 Å². The normalized spacial score (nSPS) is 20.8. The van der Waals surface area contributed by atoms with Gasteiger partial charge in [0.25, 0.3) is 0 Å². The van der Waals surface area contributed by atoms with Crippen LogP contribution in [0.25, 0.3) is 0 Å². The Labute approximate surface area is 180 Å². The van der Waals surface area contributed by atoms with Crippen molar-refractivity contribution in [1.82, 2.24) is 10.2 Å². The first-order valence-electron chi connectivity index (χ1n) is 11.2. The van der Waals surface area contributed by atoms with Gasteiger partial charge in [-0.1, -0.05) is 0 Å². The van der Waals surface area contributed by atoms with Gasteiger partial charge in [-0.2, -0.15) is 0 Å². The monoisotopic (exact) mass is 419 g/mol. The van der Waals surface area contributed by atoms with Crippen LogP contribution in [0.4, 0.5) is 0 Å². The van der Waals surface area contributed by atoms with Crippen molar-refractivity contribution in [3.63, 3.8) is 0 Å². The highest BCUT2D eigenvalue weighted by atomic mass is 16.5. The molecular formula is C23H37N3O4. The van der Waals surface area contributed by atoms with E-state index in [0.29, 0.717) is 12.6 Å². The van der Waals surface area contributed by atoms with Crippen LogP contribution in [0, 0.1) is 0 Å². The smallest absolute Gasteiger partial charge is 0.194 e. The van der Waals surface area contributed by atoms with Crippen LogP contribution in [-0.2, 0) is 16.0 Å². The molecule has 30 heavy (non-hydrogen) atoms. The number of likely N-dealkylation sites (tertiary alicyclic amines) is 1. The summed E-state index contributed by atoms with van der Waals surface area (Å²) in [7, 11) is 3.34. The molecule has 2 fully saturated rings. The Morgan fingerprint density at radius 1 is 1.17 bits per heavy atom. The second kappa shape index (κ2) is 12.0. The SMILES string of the molecule is CCNC(=NCc1ccc(OC)cc1OC)N1CCC(OCC2CCCCO2)CC1. The van der Waals surface area contributed by atoms with Crippen molar-refractivity contribution in [1.29, 1.82) is 0 Å². The highest BCUT2D eigenvalue weighted by Crippen LogP contribution is 2.25. The summed E-state index contributed by atoms with van der Waals surface area (Å²) >= 11 is 0. The second-order valence-electron chi connectivity index (χ2n) is 7.86. The van der Waals surface area contributed by atoms with Crippen molar-refractivity contribution < 1.29 is 18.9 Å². The van der Waals surface area contributed by atoms with E-state index in [1.165, 1.54) is 12.8 Å². The molecule has 7 heteroatoms. The zero-order valence-electron chi connectivity index (χ0n) is 18.7. The summed E-state index contributed by atoms with van der Waals surface area (Å²) in [5, 5.41) is 3.43. The molecule has 7 nitrogen and oxygen atoms in total. The number of benzene rings is 1. The van der Waals surface area contributed by atoms with Gasteiger partial charge in [-0.15, -0.1) is 0 Å². The molecule has 1 N–H and O–H groups in total. The first-order valence-corrected chi connectivity index (χ1v) is 11.2. The van der Waals surface area contributed by atoms with Crippen LogP contribution in [-0.4, -0.2) is 70.1 Å². The van der Waals surface area contributed by atoms with Gasteiger partial charge >= 0.3 is 0 Å². The summed E-state index contributed by atoms with van der Waals surface area (Å²) < 4.78 is 22.7. The first kappa shape index (κ1) is 22.7. The van der Waals surface area contributed by atoms with Gasteiger partial charge in [-0.3, -0.25) is 0 Å². The summed E-state index contributed by atoms with van der Waals surface area (Å²) in [6.45, 7) is 7.01. The fraction of sp³-hybridized carbons (Fsp3) is 0.696. The van der Waals surface area contributed by atoms with Gasteiger partial charge < -0.3 is 29.2 Å². The number of nitrogens with zero attached hydrogens (tertiary/aromatic N) is 2. The van der Waals surface area contributed by atoms with Gasteiger partial charge in [0.2, 0.25) is 0 Å². The molecule has 0 amide bonds. The minimum Gasteiger partial charge on any atom is -0.497 e. The summed E-state index contributed by atoms with van der Waals surface area (Å²) in [6.07, 6.45) is 6.21. The van der Waals surface area contributed by atoms with Crippen LogP contribution in [0.2, 0.25) is 0 Å². The number of hydrogen-bond donors (Lipinski definition) is 1. The maximum Gasteiger partial charge on any atom is 0.194 e. The van der Waals surface area contributed by atoms with E-state index in [9.17, 15) is 0 Å². The molecule has 2 aliphatic rings. The fourth-order valence-corrected chi connectivity index (χ4v) is 3.98. The molecule has 168 valence electrons. The Kier molecular flexibility index (Phi) is 9.08. The van der Waals surface area contributed by atoms with Gasteiger partial charge in [-0.25, -0.2) is 4.99 Å². The van der Waals surface area contributed by atoms with E-state index >= 15 is 0 Å². The number of rotatable bonds is 8. The van der Waals surface area contributed by atoms with Gasteiger partial charge in [-0.05, 0) is 51.2 Å². The Morgan fingerprint density at radius 2 is 2.00 bits per heavy atom. The molecule has 1 atom stereocenters. The lowest BCUT2D eigenvalue weighted by molar-refractivity contribution is -0.0721. The lowest BCUT2D eigenvalue weighted by Crippen LogP contribution is -2.47. The summed E-state index contributed by atoms with van der Waals surface area (Å²) in [5.74, 6) is 2.53. The third-order valence-corrected chi connectivity index (χ3v) is 5.76. The molecule has 2 saturated heterocycles. The topological polar surface area (TPSA) is 64.6 Å². The van der Waals surface area contributed by atoms with Gasteiger partial charge in [0.05, 0.1) is 39.6 Å². The van der Waals surface area contributed by atoms with Gasteiger partial charge in [0.1, 0.15) is 11.5 Å². The van der Waals surface area contributed by atoms with Crippen molar-refractivity contribution >= 4 is 5.96 Å². The van der Waals surface area contributed by atoms with Gasteiger partial charge in [0.15, 0.2) is 5.96 Å². The number of piperidine rings is 1. The van der Waals surface area contributed by atoms with Crippen LogP contribution in [0.1, 0.15) is 44.6 Å². The summed E-state index contributed by atoms with van der Waals surface area (Å²) in [6, 6.07) is 5.86. The lowest BCUT2D eigenvalue weighted by atomic mass is 10.1. The Hall–Kier alpha value is -1.99. The largest absolute Gasteiger partial charge is 0.497 e. The second-order valence-corrected chi connectivity index (χ2v) is 7.86. The van der Waals surface area contributed by atoms with E-state index in [1.807, 2.05) is 18.2 Å². The molecule has 1 aromatic rings. The van der Waals surface area contributed by atoms with Crippen molar-refractivity contribution in [2.75, 3.05) is 47.1 Å². The van der Waals surface area contributed by atoms with E-state index in [1.54, 1.807) is 14.2 Å². The number of hydrogen-bond acceptors (Lipinski definition) is 5. The standard InChI is InChI=1S/C23H37N3O4/c1-4-24-23(25-16-18-8-9-20(27-2)15-22(18)28-3)26-12-10-19(11-13-26)30-17-21-7-5-6-14-29-21/h8-9,15,19,21H,4-7,10-14,16-17H2,1-3H3,(H,24,25). The molecule has 0 bridgehead atoms. The van der Waals surface area contributed by atoms with Crippen molar-refractivity contribution in [3.05, 3.63) is 23.8 Å². The number of nitrogens with one attached hydrogen (secondary N) is 1. The molecular weight excluding hydrogens is 382 g/mol. The molecule has 0 aromatic heterocycles. The van der Waals surface area contributed by atoms with Crippen molar-refractivity contribution in [2.24, 2.45) is 4.99 Å². The van der Waals surface area contributed by atoms with E-state index in [4.69, 9.17) is 23.9 Å². The molecule has 1 aromatic carbocycles. The van der Waals surface area contributed by atoms with E-state index in [2.05, 4.69) is 17.1 Å². The average Bonchev–Trinajstić information content (AvgIpc) is 2.81. The van der Waals surface area contributed by atoms with Crippen LogP contribution in [0.3, 0.4) is 0 Å². The lowest BCUT2D eigenvalue weighted by Gasteiger charge is -2.35. The van der Waals surface area contributed by atoms with Crippen LogP contribution >= 0.6 is 0 Å². The zero-order valence-corrected chi connectivity index (χ0v) is 18.7. The zero-order chi connectivity index (χ0) is 21.2. The first-order chi connectivity index (χ1) is 14.7. The Morgan fingerprint density at radius 3 is 2.67 bits per heavy atom. The molecule has 2 aliphatic heterocycles. The quantitative estimate of drug-likeness (QED) is 0.516. The summed E-state index contributed by atoms with van der Waals surface area (Å²) in [4.78, 5) is 7.20. The number of ether oxygens (including phenoxy) is 4. The molecule has 2 heterocycles. The van der Waals surface area contributed by atoms with Crippen LogP contribution < -0.4 is 14.8 Å². The fourth-order valence-electron chi connectivity index (χ4n) is 3.98. The third kappa shape index (κ3) is 6.51. The molecule has 0 saturated carbocycles. The molecule has 0 aliphatic carbocycles. The molecule has 1 unspecified atom stereocenters. The molecule has 0 spiro atoms. The van der Waals surface area contributed by atoms with Crippen molar-refractivity contribution in [3.8, 4) is 11.5 Å². The van der Waals surface area contributed by atoms with Crippen LogP contribution in [0.5, 0.6) is 11.5 Å². The number of aliphatic imine (C=N–C) groups is 1. The third-order valence-electron chi connectivity index (χ3n) is 5.76. The predicted octanol–water partition coefficient (Wildman–Crippen LogP) is 3.22.